The average molecular weight is 267 g/mol. The largest absolute Gasteiger partial charge is 0.319 e. The van der Waals surface area contributed by atoms with Crippen LogP contribution in [0.2, 0.25) is 0 Å². The van der Waals surface area contributed by atoms with Crippen molar-refractivity contribution in [3.8, 4) is 0 Å². The Morgan fingerprint density at radius 3 is 2.83 bits per heavy atom. The van der Waals surface area contributed by atoms with Gasteiger partial charge in [-0.2, -0.15) is 0 Å². The highest BCUT2D eigenvalue weighted by molar-refractivity contribution is 7.90. The maximum atomic E-state index is 11.8. The van der Waals surface area contributed by atoms with E-state index in [1.807, 2.05) is 13.1 Å². The van der Waals surface area contributed by atoms with Gasteiger partial charge < -0.3 is 5.32 Å². The number of hydrogen-bond donors (Lipinski definition) is 2. The Kier molecular flexibility index (Phi) is 3.68. The Labute approximate surface area is 107 Å². The number of benzene rings is 1. The molecule has 0 saturated carbocycles. The number of rotatable bonds is 4. The highest BCUT2D eigenvalue weighted by Gasteiger charge is 2.29. The molecule has 0 bridgehead atoms. The van der Waals surface area contributed by atoms with Crippen LogP contribution < -0.4 is 10.0 Å². The summed E-state index contributed by atoms with van der Waals surface area (Å²) in [6.07, 6.45) is 0. The number of sulfonamides is 1. The van der Waals surface area contributed by atoms with Crippen molar-refractivity contribution in [2.24, 2.45) is 10.9 Å². The van der Waals surface area contributed by atoms with Crippen LogP contribution in [-0.2, 0) is 10.0 Å². The van der Waals surface area contributed by atoms with E-state index in [9.17, 15) is 8.42 Å². The number of nitrogens with zero attached hydrogens (tertiary/aromatic N) is 1. The summed E-state index contributed by atoms with van der Waals surface area (Å²) in [5.74, 6) is 0.813. The third kappa shape index (κ3) is 2.54. The molecular formula is C12H17N3O2S. The number of amidine groups is 1. The zero-order valence-corrected chi connectivity index (χ0v) is 11.3. The summed E-state index contributed by atoms with van der Waals surface area (Å²) in [7, 11) is -1.53. The molecule has 0 saturated heterocycles. The summed E-state index contributed by atoms with van der Waals surface area (Å²) in [5, 5.41) is 3.07. The highest BCUT2D eigenvalue weighted by atomic mass is 32.2. The van der Waals surface area contributed by atoms with Gasteiger partial charge in [-0.25, -0.2) is 8.42 Å². The molecule has 6 heteroatoms. The quantitative estimate of drug-likeness (QED) is 0.838. The van der Waals surface area contributed by atoms with Crippen LogP contribution in [-0.4, -0.2) is 34.4 Å². The van der Waals surface area contributed by atoms with Gasteiger partial charge in [-0.05, 0) is 31.6 Å². The Bertz CT molecular complexity index is 566. The zero-order chi connectivity index (χ0) is 13.2. The molecular weight excluding hydrogens is 250 g/mol. The number of fused-ring (bicyclic) bond motifs is 1. The minimum atomic E-state index is -3.41. The normalized spacial score (nSPS) is 20.4. The van der Waals surface area contributed by atoms with E-state index in [0.717, 1.165) is 6.54 Å². The summed E-state index contributed by atoms with van der Waals surface area (Å²) in [6, 6.07) is 6.89. The fraction of sp³-hybridized carbons (Fsp3) is 0.417. The molecule has 18 heavy (non-hydrogen) atoms. The first-order valence-corrected chi connectivity index (χ1v) is 7.34. The number of nitrogens with one attached hydrogen (secondary N) is 2. The lowest BCUT2D eigenvalue weighted by molar-refractivity contribution is 0.555. The van der Waals surface area contributed by atoms with E-state index in [4.69, 9.17) is 0 Å². The van der Waals surface area contributed by atoms with Crippen molar-refractivity contribution in [2.45, 2.75) is 11.8 Å². The van der Waals surface area contributed by atoms with E-state index >= 15 is 0 Å². The maximum absolute atomic E-state index is 11.8. The molecule has 98 valence electrons. The van der Waals surface area contributed by atoms with Crippen molar-refractivity contribution in [2.75, 3.05) is 20.1 Å². The van der Waals surface area contributed by atoms with Gasteiger partial charge in [-0.15, -0.1) is 0 Å². The molecule has 1 aromatic carbocycles. The van der Waals surface area contributed by atoms with Gasteiger partial charge >= 0.3 is 0 Å². The van der Waals surface area contributed by atoms with Crippen molar-refractivity contribution in [3.63, 3.8) is 0 Å². The van der Waals surface area contributed by atoms with Crippen LogP contribution in [0.3, 0.4) is 0 Å². The van der Waals surface area contributed by atoms with Gasteiger partial charge in [0, 0.05) is 12.1 Å². The summed E-state index contributed by atoms with van der Waals surface area (Å²) >= 11 is 0. The summed E-state index contributed by atoms with van der Waals surface area (Å²) in [4.78, 5) is 4.68. The first kappa shape index (κ1) is 13.0. The first-order valence-electron chi connectivity index (χ1n) is 5.86. The predicted molar refractivity (Wildman–Crippen MR) is 71.3 cm³/mol. The van der Waals surface area contributed by atoms with E-state index in [1.165, 1.54) is 0 Å². The molecule has 1 heterocycles. The SMILES string of the molecule is CNCC(C)CN=C1NS(=O)(=O)c2ccccc21. The fourth-order valence-electron chi connectivity index (χ4n) is 1.91. The monoisotopic (exact) mass is 267 g/mol. The molecule has 5 nitrogen and oxygen atoms in total. The lowest BCUT2D eigenvalue weighted by atomic mass is 10.2. The molecule has 0 spiro atoms. The van der Waals surface area contributed by atoms with Crippen molar-refractivity contribution in [1.82, 2.24) is 10.0 Å². The summed E-state index contributed by atoms with van der Waals surface area (Å²) in [6.45, 7) is 3.51. The molecule has 1 unspecified atom stereocenters. The van der Waals surface area contributed by atoms with Crippen LogP contribution in [0.15, 0.2) is 34.2 Å². The topological polar surface area (TPSA) is 70.6 Å². The second-order valence-electron chi connectivity index (χ2n) is 4.45. The molecule has 2 rings (SSSR count). The molecule has 1 aromatic rings. The molecule has 1 aliphatic rings. The summed E-state index contributed by atoms with van der Waals surface area (Å²) < 4.78 is 26.2. The van der Waals surface area contributed by atoms with Crippen molar-refractivity contribution in [3.05, 3.63) is 29.8 Å². The lowest BCUT2D eigenvalue weighted by Crippen LogP contribution is -2.24. The minimum absolute atomic E-state index is 0.310. The Morgan fingerprint density at radius 1 is 1.39 bits per heavy atom. The Morgan fingerprint density at radius 2 is 2.11 bits per heavy atom. The second-order valence-corrected chi connectivity index (χ2v) is 6.10. The van der Waals surface area contributed by atoms with Crippen LogP contribution in [0.25, 0.3) is 0 Å². The van der Waals surface area contributed by atoms with E-state index in [1.54, 1.807) is 18.2 Å². The molecule has 2 N–H and O–H groups in total. The van der Waals surface area contributed by atoms with Gasteiger partial charge in [0.2, 0.25) is 0 Å². The molecule has 0 amide bonds. The Balaban J connectivity index is 2.25. The van der Waals surface area contributed by atoms with Gasteiger partial charge in [0.05, 0.1) is 4.90 Å². The van der Waals surface area contributed by atoms with Crippen LogP contribution in [0.1, 0.15) is 12.5 Å². The standard InChI is InChI=1S/C12H17N3O2S/c1-9(7-13-2)8-14-12-10-5-3-4-6-11(10)18(16,17)15-12/h3-6,9,13H,7-8H2,1-2H3,(H,14,15). The van der Waals surface area contributed by atoms with E-state index in [2.05, 4.69) is 22.0 Å². The molecule has 0 fully saturated rings. The van der Waals surface area contributed by atoms with Crippen molar-refractivity contribution < 1.29 is 8.42 Å². The zero-order valence-electron chi connectivity index (χ0n) is 10.5. The van der Waals surface area contributed by atoms with Crippen LogP contribution >= 0.6 is 0 Å². The van der Waals surface area contributed by atoms with Gasteiger partial charge in [-0.1, -0.05) is 19.1 Å². The second kappa shape index (κ2) is 5.07. The van der Waals surface area contributed by atoms with Crippen LogP contribution in [0.4, 0.5) is 0 Å². The number of aliphatic imine (C=N–C) groups is 1. The first-order chi connectivity index (χ1) is 8.54. The molecule has 0 radical (unpaired) electrons. The van der Waals surface area contributed by atoms with Crippen LogP contribution in [0.5, 0.6) is 0 Å². The Hall–Kier alpha value is -1.40. The van der Waals surface area contributed by atoms with Crippen LogP contribution in [0, 0.1) is 5.92 Å². The van der Waals surface area contributed by atoms with E-state index in [-0.39, 0.29) is 0 Å². The summed E-state index contributed by atoms with van der Waals surface area (Å²) in [5.41, 5.74) is 0.661. The van der Waals surface area contributed by atoms with E-state index in [0.29, 0.717) is 28.8 Å². The third-order valence-corrected chi connectivity index (χ3v) is 4.17. The number of hydrogen-bond acceptors (Lipinski definition) is 4. The third-order valence-electron chi connectivity index (χ3n) is 2.78. The van der Waals surface area contributed by atoms with Gasteiger partial charge in [0.15, 0.2) is 0 Å². The minimum Gasteiger partial charge on any atom is -0.319 e. The highest BCUT2D eigenvalue weighted by Crippen LogP contribution is 2.22. The fourth-order valence-corrected chi connectivity index (χ4v) is 3.16. The molecule has 0 aliphatic carbocycles. The van der Waals surface area contributed by atoms with Crippen molar-refractivity contribution >= 4 is 15.9 Å². The van der Waals surface area contributed by atoms with E-state index < -0.39 is 10.0 Å². The molecule has 0 aromatic heterocycles. The smallest absolute Gasteiger partial charge is 0.263 e. The lowest BCUT2D eigenvalue weighted by Gasteiger charge is -2.07. The van der Waals surface area contributed by atoms with Crippen molar-refractivity contribution in [1.29, 1.82) is 0 Å². The van der Waals surface area contributed by atoms with Gasteiger partial charge in [0.1, 0.15) is 5.84 Å². The average Bonchev–Trinajstić information content (AvgIpc) is 2.60. The maximum Gasteiger partial charge on any atom is 0.263 e. The molecule has 1 atom stereocenters. The van der Waals surface area contributed by atoms with Gasteiger partial charge in [0.25, 0.3) is 10.0 Å². The van der Waals surface area contributed by atoms with Gasteiger partial charge in [-0.3, -0.25) is 9.71 Å². The predicted octanol–water partition coefficient (Wildman–Crippen LogP) is 0.581. The molecule has 1 aliphatic heterocycles.